The Balaban J connectivity index is 2.03. The van der Waals surface area contributed by atoms with E-state index in [4.69, 9.17) is 5.11 Å². The molecule has 2 amide bonds. The highest BCUT2D eigenvalue weighted by molar-refractivity contribution is 5.91. The molecule has 1 aliphatic heterocycles. The van der Waals surface area contributed by atoms with Crippen LogP contribution in [0.5, 0.6) is 0 Å². The predicted octanol–water partition coefficient (Wildman–Crippen LogP) is 1.69. The van der Waals surface area contributed by atoms with Gasteiger partial charge in [0.2, 0.25) is 0 Å². The molecule has 0 aromatic heterocycles. The second-order valence-electron chi connectivity index (χ2n) is 5.07. The van der Waals surface area contributed by atoms with Crippen LogP contribution in [0.2, 0.25) is 0 Å². The molecule has 1 aromatic rings. The van der Waals surface area contributed by atoms with Crippen LogP contribution in [0.4, 0.5) is 14.9 Å². The van der Waals surface area contributed by atoms with Gasteiger partial charge in [0, 0.05) is 19.6 Å². The van der Waals surface area contributed by atoms with E-state index in [1.807, 2.05) is 7.05 Å². The maximum atomic E-state index is 13.8. The Morgan fingerprint density at radius 1 is 1.24 bits per heavy atom. The van der Waals surface area contributed by atoms with Crippen molar-refractivity contribution in [2.24, 2.45) is 0 Å². The van der Waals surface area contributed by atoms with E-state index < -0.39 is 11.8 Å². The Labute approximate surface area is 122 Å². The first-order valence-electron chi connectivity index (χ1n) is 6.74. The van der Waals surface area contributed by atoms with E-state index in [-0.39, 0.29) is 17.3 Å². The lowest BCUT2D eigenvalue weighted by atomic mass is 10.2. The van der Waals surface area contributed by atoms with E-state index in [0.29, 0.717) is 13.1 Å². The molecule has 2 rings (SSSR count). The van der Waals surface area contributed by atoms with Crippen LogP contribution in [0.15, 0.2) is 18.2 Å². The first-order valence-corrected chi connectivity index (χ1v) is 6.74. The molecule has 0 spiro atoms. The van der Waals surface area contributed by atoms with Crippen LogP contribution in [0.1, 0.15) is 16.8 Å². The van der Waals surface area contributed by atoms with E-state index in [1.54, 1.807) is 4.90 Å². The molecule has 0 saturated carbocycles. The van der Waals surface area contributed by atoms with Gasteiger partial charge in [-0.25, -0.2) is 14.0 Å². The number of rotatable bonds is 2. The summed E-state index contributed by atoms with van der Waals surface area (Å²) in [7, 11) is 1.99. The Morgan fingerprint density at radius 2 is 2.00 bits per heavy atom. The van der Waals surface area contributed by atoms with Crippen LogP contribution in [0.25, 0.3) is 0 Å². The van der Waals surface area contributed by atoms with Crippen molar-refractivity contribution in [2.45, 2.75) is 6.42 Å². The predicted molar refractivity (Wildman–Crippen MR) is 76.1 cm³/mol. The minimum atomic E-state index is -1.21. The maximum absolute atomic E-state index is 13.8. The zero-order chi connectivity index (χ0) is 15.4. The minimum absolute atomic E-state index is 0.0115. The van der Waals surface area contributed by atoms with Crippen LogP contribution in [-0.4, -0.2) is 60.1 Å². The quantitative estimate of drug-likeness (QED) is 0.871. The van der Waals surface area contributed by atoms with Gasteiger partial charge >= 0.3 is 12.0 Å². The SMILES string of the molecule is CN1CCCN(C(=O)Nc2ccc(C(=O)O)cc2F)CC1. The molecule has 0 atom stereocenters. The van der Waals surface area contributed by atoms with Gasteiger partial charge in [-0.1, -0.05) is 0 Å². The summed E-state index contributed by atoms with van der Waals surface area (Å²) < 4.78 is 13.8. The number of urea groups is 1. The number of aromatic carboxylic acids is 1. The number of likely N-dealkylation sites (N-methyl/N-ethyl adjacent to an activating group) is 1. The molecule has 2 N–H and O–H groups in total. The first-order chi connectivity index (χ1) is 9.97. The third-order valence-electron chi connectivity index (χ3n) is 3.46. The zero-order valence-corrected chi connectivity index (χ0v) is 11.8. The van der Waals surface area contributed by atoms with Crippen molar-refractivity contribution >= 4 is 17.7 Å². The molecule has 0 radical (unpaired) electrons. The summed E-state index contributed by atoms with van der Waals surface area (Å²) in [6.45, 7) is 2.89. The number of halogens is 1. The molecule has 0 bridgehead atoms. The lowest BCUT2D eigenvalue weighted by Gasteiger charge is -2.21. The number of nitrogens with one attached hydrogen (secondary N) is 1. The van der Waals surface area contributed by atoms with Gasteiger partial charge in [0.1, 0.15) is 5.82 Å². The molecular weight excluding hydrogens is 277 g/mol. The molecule has 0 aliphatic carbocycles. The topological polar surface area (TPSA) is 72.9 Å². The van der Waals surface area contributed by atoms with Gasteiger partial charge < -0.3 is 20.2 Å². The molecule has 1 fully saturated rings. The number of carboxylic acids is 1. The molecule has 7 heteroatoms. The second-order valence-corrected chi connectivity index (χ2v) is 5.07. The van der Waals surface area contributed by atoms with E-state index in [0.717, 1.165) is 25.6 Å². The summed E-state index contributed by atoms with van der Waals surface area (Å²) in [6.07, 6.45) is 0.865. The van der Waals surface area contributed by atoms with Gasteiger partial charge in [-0.2, -0.15) is 0 Å². The van der Waals surface area contributed by atoms with Crippen molar-refractivity contribution < 1.29 is 19.1 Å². The molecule has 0 unspecified atom stereocenters. The third kappa shape index (κ3) is 3.91. The first kappa shape index (κ1) is 15.2. The minimum Gasteiger partial charge on any atom is -0.478 e. The van der Waals surface area contributed by atoms with E-state index in [2.05, 4.69) is 10.2 Å². The molecule has 21 heavy (non-hydrogen) atoms. The Morgan fingerprint density at radius 3 is 2.67 bits per heavy atom. The van der Waals surface area contributed by atoms with Crippen molar-refractivity contribution in [3.8, 4) is 0 Å². The number of benzene rings is 1. The van der Waals surface area contributed by atoms with Crippen molar-refractivity contribution in [1.82, 2.24) is 9.80 Å². The van der Waals surface area contributed by atoms with Gasteiger partial charge in [0.15, 0.2) is 0 Å². The number of amides is 2. The number of carbonyl (C=O) groups is 2. The largest absolute Gasteiger partial charge is 0.478 e. The maximum Gasteiger partial charge on any atom is 0.335 e. The number of anilines is 1. The monoisotopic (exact) mass is 295 g/mol. The van der Waals surface area contributed by atoms with Crippen molar-refractivity contribution in [3.05, 3.63) is 29.6 Å². The fraction of sp³-hybridized carbons (Fsp3) is 0.429. The Kier molecular flexibility index (Phi) is 4.74. The summed E-state index contributed by atoms with van der Waals surface area (Å²) in [5.74, 6) is -1.96. The highest BCUT2D eigenvalue weighted by Gasteiger charge is 2.18. The normalized spacial score (nSPS) is 16.4. The fourth-order valence-electron chi connectivity index (χ4n) is 2.19. The van der Waals surface area contributed by atoms with Crippen LogP contribution < -0.4 is 5.32 Å². The summed E-state index contributed by atoms with van der Waals surface area (Å²) in [6, 6.07) is 3.05. The van der Waals surface area contributed by atoms with Gasteiger partial charge in [0.05, 0.1) is 11.3 Å². The summed E-state index contributed by atoms with van der Waals surface area (Å²) in [5.41, 5.74) is -0.163. The third-order valence-corrected chi connectivity index (χ3v) is 3.46. The van der Waals surface area contributed by atoms with Crippen LogP contribution in [-0.2, 0) is 0 Å². The number of hydrogen-bond acceptors (Lipinski definition) is 3. The molecule has 6 nitrogen and oxygen atoms in total. The molecule has 1 aliphatic rings. The number of carbonyl (C=O) groups excluding carboxylic acids is 1. The van der Waals surface area contributed by atoms with Crippen LogP contribution >= 0.6 is 0 Å². The second kappa shape index (κ2) is 6.53. The van der Waals surface area contributed by atoms with Crippen LogP contribution in [0.3, 0.4) is 0 Å². The fourth-order valence-corrected chi connectivity index (χ4v) is 2.19. The van der Waals surface area contributed by atoms with E-state index in [9.17, 15) is 14.0 Å². The average Bonchev–Trinajstić information content (AvgIpc) is 2.65. The van der Waals surface area contributed by atoms with E-state index >= 15 is 0 Å². The van der Waals surface area contributed by atoms with Gasteiger partial charge in [-0.15, -0.1) is 0 Å². The highest BCUT2D eigenvalue weighted by Crippen LogP contribution is 2.17. The molecule has 114 valence electrons. The van der Waals surface area contributed by atoms with Crippen molar-refractivity contribution in [1.29, 1.82) is 0 Å². The number of hydrogen-bond donors (Lipinski definition) is 2. The molecule has 1 saturated heterocycles. The smallest absolute Gasteiger partial charge is 0.335 e. The molecule has 1 heterocycles. The lowest BCUT2D eigenvalue weighted by Crippen LogP contribution is -2.37. The summed E-state index contributed by atoms with van der Waals surface area (Å²) in [5, 5.41) is 11.3. The van der Waals surface area contributed by atoms with Gasteiger partial charge in [-0.3, -0.25) is 0 Å². The van der Waals surface area contributed by atoms with Gasteiger partial charge in [0.25, 0.3) is 0 Å². The summed E-state index contributed by atoms with van der Waals surface area (Å²) in [4.78, 5) is 26.6. The van der Waals surface area contributed by atoms with E-state index in [1.165, 1.54) is 12.1 Å². The Bertz CT molecular complexity index is 550. The Hall–Kier alpha value is -2.15. The number of carboxylic acid groups (broad SMARTS) is 1. The van der Waals surface area contributed by atoms with Crippen molar-refractivity contribution in [2.75, 3.05) is 38.5 Å². The van der Waals surface area contributed by atoms with Gasteiger partial charge in [-0.05, 0) is 38.2 Å². The number of nitrogens with zero attached hydrogens (tertiary/aromatic N) is 2. The van der Waals surface area contributed by atoms with Crippen LogP contribution in [0, 0.1) is 5.82 Å². The zero-order valence-electron chi connectivity index (χ0n) is 11.8. The summed E-state index contributed by atoms with van der Waals surface area (Å²) >= 11 is 0. The highest BCUT2D eigenvalue weighted by atomic mass is 19.1. The average molecular weight is 295 g/mol. The molecular formula is C14H18FN3O3. The lowest BCUT2D eigenvalue weighted by molar-refractivity contribution is 0.0696. The van der Waals surface area contributed by atoms with Crippen molar-refractivity contribution in [3.63, 3.8) is 0 Å². The molecule has 1 aromatic carbocycles. The standard InChI is InChI=1S/C14H18FN3O3/c1-17-5-2-6-18(8-7-17)14(21)16-12-4-3-10(13(19)20)9-11(12)15/h3-4,9H,2,5-8H2,1H3,(H,16,21)(H,19,20).